The minimum Gasteiger partial charge on any atom is -0.350 e. The quantitative estimate of drug-likeness (QED) is 0.596. The molecule has 3 amide bonds. The Hall–Kier alpha value is -3.29. The van der Waals surface area contributed by atoms with Gasteiger partial charge in [-0.1, -0.05) is 24.3 Å². The second kappa shape index (κ2) is 7.98. The van der Waals surface area contributed by atoms with Crippen LogP contribution in [0, 0.1) is 11.8 Å². The van der Waals surface area contributed by atoms with Crippen LogP contribution in [0.5, 0.6) is 0 Å². The summed E-state index contributed by atoms with van der Waals surface area (Å²) in [5.41, 5.74) is 1.83. The first-order chi connectivity index (χ1) is 14.0. The molecule has 1 aliphatic heterocycles. The highest BCUT2D eigenvalue weighted by Gasteiger charge is 2.46. The van der Waals surface area contributed by atoms with E-state index in [4.69, 9.17) is 0 Å². The predicted molar refractivity (Wildman–Crippen MR) is 105 cm³/mol. The number of likely N-dealkylation sites (tertiary alicyclic amines) is 1. The fourth-order valence-electron chi connectivity index (χ4n) is 3.96. The molecule has 1 aromatic heterocycles. The molecule has 150 valence electrons. The van der Waals surface area contributed by atoms with Crippen molar-refractivity contribution in [3.8, 4) is 5.69 Å². The Labute approximate surface area is 168 Å². The van der Waals surface area contributed by atoms with Crippen LogP contribution in [-0.4, -0.2) is 43.9 Å². The fourth-order valence-corrected chi connectivity index (χ4v) is 3.96. The van der Waals surface area contributed by atoms with Crippen LogP contribution in [-0.2, 0) is 14.4 Å². The number of hydrogen-bond donors (Lipinski definition) is 1. The lowest BCUT2D eigenvalue weighted by Crippen LogP contribution is -2.36. The van der Waals surface area contributed by atoms with Crippen LogP contribution in [0.4, 0.5) is 0 Å². The van der Waals surface area contributed by atoms with Gasteiger partial charge >= 0.3 is 0 Å². The minimum atomic E-state index is -0.252. The van der Waals surface area contributed by atoms with E-state index < -0.39 is 0 Å². The van der Waals surface area contributed by atoms with Gasteiger partial charge in [0.15, 0.2) is 0 Å². The van der Waals surface area contributed by atoms with Gasteiger partial charge in [-0.3, -0.25) is 19.3 Å². The number of hydrogen-bond acceptors (Lipinski definition) is 5. The summed E-state index contributed by atoms with van der Waals surface area (Å²) in [6.07, 6.45) is 8.33. The molecular weight excluding hydrogens is 370 g/mol. The van der Waals surface area contributed by atoms with Gasteiger partial charge in [0, 0.05) is 13.0 Å². The van der Waals surface area contributed by atoms with Crippen molar-refractivity contribution in [3.63, 3.8) is 0 Å². The first kappa shape index (κ1) is 19.0. The average molecular weight is 393 g/mol. The van der Waals surface area contributed by atoms with Crippen molar-refractivity contribution in [3.05, 3.63) is 54.6 Å². The topological polar surface area (TPSA) is 97.2 Å². The van der Waals surface area contributed by atoms with Crippen molar-refractivity contribution in [1.82, 2.24) is 25.0 Å². The van der Waals surface area contributed by atoms with Gasteiger partial charge in [0.05, 0.1) is 23.6 Å². The molecule has 0 unspecified atom stereocenters. The molecule has 2 heterocycles. The first-order valence-electron chi connectivity index (χ1n) is 9.79. The van der Waals surface area contributed by atoms with Crippen molar-refractivity contribution < 1.29 is 14.4 Å². The third-order valence-electron chi connectivity index (χ3n) is 5.62. The second-order valence-corrected chi connectivity index (χ2v) is 7.45. The lowest BCUT2D eigenvalue weighted by atomic mass is 9.85. The zero-order valence-electron chi connectivity index (χ0n) is 16.2. The maximum absolute atomic E-state index is 12.5. The van der Waals surface area contributed by atoms with Crippen LogP contribution in [0.25, 0.3) is 5.69 Å². The molecule has 1 fully saturated rings. The standard InChI is InChI=1S/C21H23N5O3/c1-14(15-6-8-16(9-7-15)26-13-22-12-23-26)24-19(27)10-11-25-20(28)17-4-2-3-5-18(17)21(25)29/h2-3,6-9,12-14,17-18H,4-5,10-11H2,1H3,(H,24,27)/t14-,17-,18+/m1/s1. The van der Waals surface area contributed by atoms with Gasteiger partial charge in [0.25, 0.3) is 0 Å². The molecule has 1 N–H and O–H groups in total. The summed E-state index contributed by atoms with van der Waals surface area (Å²) in [6.45, 7) is 2.03. The molecular formula is C21H23N5O3. The summed E-state index contributed by atoms with van der Waals surface area (Å²) in [5, 5.41) is 7.01. The fraction of sp³-hybridized carbons (Fsp3) is 0.381. The van der Waals surface area contributed by atoms with E-state index in [1.165, 1.54) is 11.2 Å². The highest BCUT2D eigenvalue weighted by Crippen LogP contribution is 2.35. The number of carbonyl (C=O) groups excluding carboxylic acids is 3. The number of rotatable bonds is 6. The maximum atomic E-state index is 12.5. The molecule has 8 nitrogen and oxygen atoms in total. The third kappa shape index (κ3) is 3.83. The molecule has 0 bridgehead atoms. The number of carbonyl (C=O) groups is 3. The third-order valence-corrected chi connectivity index (χ3v) is 5.62. The van der Waals surface area contributed by atoms with Gasteiger partial charge in [-0.05, 0) is 37.5 Å². The lowest BCUT2D eigenvalue weighted by molar-refractivity contribution is -0.140. The number of fused-ring (bicyclic) bond motifs is 1. The molecule has 1 aliphatic carbocycles. The Bertz CT molecular complexity index is 910. The zero-order valence-corrected chi connectivity index (χ0v) is 16.2. The molecule has 0 spiro atoms. The molecule has 0 radical (unpaired) electrons. The number of amides is 3. The van der Waals surface area contributed by atoms with Crippen LogP contribution in [0.1, 0.15) is 37.8 Å². The van der Waals surface area contributed by atoms with E-state index in [0.717, 1.165) is 11.3 Å². The Morgan fingerprint density at radius 3 is 2.38 bits per heavy atom. The average Bonchev–Trinajstić information content (AvgIpc) is 3.35. The molecule has 2 aliphatic rings. The van der Waals surface area contributed by atoms with Crippen molar-refractivity contribution >= 4 is 17.7 Å². The van der Waals surface area contributed by atoms with E-state index in [2.05, 4.69) is 15.4 Å². The van der Waals surface area contributed by atoms with E-state index in [1.807, 2.05) is 43.3 Å². The van der Waals surface area contributed by atoms with Gasteiger partial charge in [-0.2, -0.15) is 5.10 Å². The van der Waals surface area contributed by atoms with Crippen LogP contribution >= 0.6 is 0 Å². The minimum absolute atomic E-state index is 0.103. The van der Waals surface area contributed by atoms with Crippen molar-refractivity contribution in [2.75, 3.05) is 6.54 Å². The summed E-state index contributed by atoms with van der Waals surface area (Å²) in [7, 11) is 0. The normalized spacial score (nSPS) is 21.9. The summed E-state index contributed by atoms with van der Waals surface area (Å²) < 4.78 is 1.66. The number of allylic oxidation sites excluding steroid dienone is 2. The highest BCUT2D eigenvalue weighted by molar-refractivity contribution is 6.05. The van der Waals surface area contributed by atoms with Gasteiger partial charge in [0.2, 0.25) is 17.7 Å². The summed E-state index contributed by atoms with van der Waals surface area (Å²) in [4.78, 5) is 42.5. The van der Waals surface area contributed by atoms with Gasteiger partial charge < -0.3 is 5.32 Å². The van der Waals surface area contributed by atoms with Crippen molar-refractivity contribution in [2.24, 2.45) is 11.8 Å². The van der Waals surface area contributed by atoms with Gasteiger partial charge in [-0.15, -0.1) is 0 Å². The van der Waals surface area contributed by atoms with Crippen molar-refractivity contribution in [2.45, 2.75) is 32.2 Å². The first-order valence-corrected chi connectivity index (χ1v) is 9.79. The summed E-state index contributed by atoms with van der Waals surface area (Å²) in [6, 6.07) is 7.47. The highest BCUT2D eigenvalue weighted by atomic mass is 16.2. The molecule has 29 heavy (non-hydrogen) atoms. The SMILES string of the molecule is C[C@@H](NC(=O)CCN1C(=O)[C@H]2CC=CC[C@H]2C1=O)c1ccc(-n2cncn2)cc1. The van der Waals surface area contributed by atoms with E-state index in [-0.39, 0.29) is 48.6 Å². The van der Waals surface area contributed by atoms with Crippen molar-refractivity contribution in [1.29, 1.82) is 0 Å². The smallest absolute Gasteiger partial charge is 0.233 e. The summed E-state index contributed by atoms with van der Waals surface area (Å²) in [5.74, 6) is -0.981. The molecule has 0 saturated carbocycles. The summed E-state index contributed by atoms with van der Waals surface area (Å²) >= 11 is 0. The van der Waals surface area contributed by atoms with Crippen LogP contribution < -0.4 is 5.32 Å². The van der Waals surface area contributed by atoms with Crippen LogP contribution in [0.2, 0.25) is 0 Å². The van der Waals surface area contributed by atoms with Crippen LogP contribution in [0.15, 0.2) is 49.1 Å². The monoisotopic (exact) mass is 393 g/mol. The molecule has 3 atom stereocenters. The molecule has 1 saturated heterocycles. The second-order valence-electron chi connectivity index (χ2n) is 7.45. The number of aromatic nitrogens is 3. The maximum Gasteiger partial charge on any atom is 0.233 e. The molecule has 1 aromatic carbocycles. The van der Waals surface area contributed by atoms with Gasteiger partial charge in [0.1, 0.15) is 12.7 Å². The van der Waals surface area contributed by atoms with E-state index in [1.54, 1.807) is 11.0 Å². The number of imide groups is 1. The molecule has 8 heteroatoms. The largest absolute Gasteiger partial charge is 0.350 e. The van der Waals surface area contributed by atoms with Crippen LogP contribution in [0.3, 0.4) is 0 Å². The molecule has 4 rings (SSSR count). The Balaban J connectivity index is 1.30. The lowest BCUT2D eigenvalue weighted by Gasteiger charge is -2.17. The Morgan fingerprint density at radius 1 is 1.14 bits per heavy atom. The number of nitrogens with one attached hydrogen (secondary N) is 1. The van der Waals surface area contributed by atoms with Gasteiger partial charge in [-0.25, -0.2) is 9.67 Å². The predicted octanol–water partition coefficient (Wildman–Crippen LogP) is 1.79. The number of nitrogens with zero attached hydrogens (tertiary/aromatic N) is 4. The number of benzene rings is 1. The Morgan fingerprint density at radius 2 is 1.79 bits per heavy atom. The van der Waals surface area contributed by atoms with E-state index >= 15 is 0 Å². The van der Waals surface area contributed by atoms with E-state index in [0.29, 0.717) is 12.8 Å². The van der Waals surface area contributed by atoms with E-state index in [9.17, 15) is 14.4 Å². The molecule has 2 aromatic rings. The zero-order chi connectivity index (χ0) is 20.4. The Kier molecular flexibility index (Phi) is 5.24.